The van der Waals surface area contributed by atoms with Gasteiger partial charge in [-0.2, -0.15) is 26.3 Å². The molecule has 0 unspecified atom stereocenters. The van der Waals surface area contributed by atoms with E-state index in [-0.39, 0.29) is 18.9 Å². The predicted octanol–water partition coefficient (Wildman–Crippen LogP) is 5.17. The van der Waals surface area contributed by atoms with Gasteiger partial charge in [-0.15, -0.1) is 0 Å². The SMILES string of the molecule is CC(C)(C1CC(NS(=O)(=O)c2ccc(F)c(C(F)(F)F)c2)C1)S(=O)(=O)c1cccc(C(F)(F)F)c1. The van der Waals surface area contributed by atoms with Crippen LogP contribution in [0.25, 0.3) is 0 Å². The summed E-state index contributed by atoms with van der Waals surface area (Å²) in [6.45, 7) is 2.63. The molecule has 0 aliphatic heterocycles. The van der Waals surface area contributed by atoms with E-state index in [9.17, 15) is 47.6 Å². The molecule has 3 rings (SSSR count). The molecule has 0 amide bonds. The van der Waals surface area contributed by atoms with Gasteiger partial charge in [0.05, 0.1) is 25.7 Å². The summed E-state index contributed by atoms with van der Waals surface area (Å²) in [5.41, 5.74) is -2.88. The lowest BCUT2D eigenvalue weighted by Gasteiger charge is -2.44. The smallest absolute Gasteiger partial charge is 0.223 e. The molecule has 0 heterocycles. The van der Waals surface area contributed by atoms with Crippen LogP contribution in [0.3, 0.4) is 0 Å². The zero-order valence-corrected chi connectivity index (χ0v) is 19.8. The van der Waals surface area contributed by atoms with Gasteiger partial charge in [0.25, 0.3) is 0 Å². The van der Waals surface area contributed by atoms with Gasteiger partial charge in [0, 0.05) is 6.04 Å². The number of sulfonamides is 1. The Morgan fingerprint density at radius 1 is 0.829 bits per heavy atom. The topological polar surface area (TPSA) is 80.3 Å². The van der Waals surface area contributed by atoms with Crippen molar-refractivity contribution in [2.75, 3.05) is 0 Å². The molecule has 2 aromatic rings. The number of hydrogen-bond donors (Lipinski definition) is 1. The first-order valence-corrected chi connectivity index (χ1v) is 13.0. The van der Waals surface area contributed by atoms with E-state index in [1.54, 1.807) is 0 Å². The zero-order chi connectivity index (χ0) is 26.6. The molecule has 1 fully saturated rings. The van der Waals surface area contributed by atoms with Crippen molar-refractivity contribution in [2.24, 2.45) is 5.92 Å². The Labute approximate surface area is 197 Å². The molecule has 14 heteroatoms. The largest absolute Gasteiger partial charge is 0.419 e. The third-order valence-corrected chi connectivity index (χ3v) is 10.3. The summed E-state index contributed by atoms with van der Waals surface area (Å²) in [5.74, 6) is -2.30. The highest BCUT2D eigenvalue weighted by Gasteiger charge is 2.49. The molecule has 35 heavy (non-hydrogen) atoms. The molecule has 2 aromatic carbocycles. The van der Waals surface area contributed by atoms with E-state index >= 15 is 0 Å². The van der Waals surface area contributed by atoms with Crippen molar-refractivity contribution in [3.05, 3.63) is 59.4 Å². The van der Waals surface area contributed by atoms with Crippen molar-refractivity contribution in [3.63, 3.8) is 0 Å². The second-order valence-electron chi connectivity index (χ2n) is 8.76. The molecular formula is C21H20F7NO4S2. The monoisotopic (exact) mass is 547 g/mol. The Morgan fingerprint density at radius 3 is 1.97 bits per heavy atom. The van der Waals surface area contributed by atoms with Crippen molar-refractivity contribution < 1.29 is 47.6 Å². The van der Waals surface area contributed by atoms with Gasteiger partial charge in [-0.1, -0.05) is 6.07 Å². The molecule has 0 bridgehead atoms. The minimum absolute atomic E-state index is 0.0300. The lowest BCUT2D eigenvalue weighted by Crippen LogP contribution is -2.53. The molecule has 0 radical (unpaired) electrons. The number of sulfone groups is 1. The molecule has 1 saturated carbocycles. The first kappa shape index (κ1) is 27.4. The van der Waals surface area contributed by atoms with Crippen LogP contribution in [-0.4, -0.2) is 27.6 Å². The third kappa shape index (κ3) is 5.33. The minimum atomic E-state index is -5.11. The van der Waals surface area contributed by atoms with E-state index in [0.717, 1.165) is 18.2 Å². The summed E-state index contributed by atoms with van der Waals surface area (Å²) in [5, 5.41) is 0. The van der Waals surface area contributed by atoms with Crippen LogP contribution in [0.4, 0.5) is 30.7 Å². The molecule has 1 N–H and O–H groups in total. The Hall–Kier alpha value is -2.19. The Bertz CT molecular complexity index is 1330. The molecule has 0 aromatic heterocycles. The standard InChI is InChI=1S/C21H20F7NO4S2/c1-19(2,34(30,31)15-5-3-4-12(10-15)20(23,24)25)13-8-14(9-13)29-35(32,33)16-6-7-18(22)17(11-16)21(26,27)28/h3-7,10-11,13-14,29H,8-9H2,1-2H3. The van der Waals surface area contributed by atoms with Crippen LogP contribution in [0.5, 0.6) is 0 Å². The van der Waals surface area contributed by atoms with Gasteiger partial charge in [-0.3, -0.25) is 0 Å². The highest BCUT2D eigenvalue weighted by atomic mass is 32.2. The Morgan fingerprint density at radius 2 is 1.43 bits per heavy atom. The molecule has 0 saturated heterocycles. The molecule has 5 nitrogen and oxygen atoms in total. The number of benzene rings is 2. The van der Waals surface area contributed by atoms with Crippen LogP contribution in [-0.2, 0) is 32.2 Å². The van der Waals surface area contributed by atoms with Crippen LogP contribution >= 0.6 is 0 Å². The average molecular weight is 548 g/mol. The zero-order valence-electron chi connectivity index (χ0n) is 18.2. The molecule has 0 atom stereocenters. The van der Waals surface area contributed by atoms with Crippen molar-refractivity contribution >= 4 is 19.9 Å². The Balaban J connectivity index is 1.76. The van der Waals surface area contributed by atoms with Gasteiger partial charge < -0.3 is 0 Å². The maximum Gasteiger partial charge on any atom is 0.419 e. The molecule has 0 spiro atoms. The van der Waals surface area contributed by atoms with Crippen LogP contribution in [0, 0.1) is 11.7 Å². The lowest BCUT2D eigenvalue weighted by atomic mass is 9.73. The van der Waals surface area contributed by atoms with E-state index in [1.807, 2.05) is 0 Å². The van der Waals surface area contributed by atoms with E-state index in [0.29, 0.717) is 18.2 Å². The van der Waals surface area contributed by atoms with Gasteiger partial charge in [0.1, 0.15) is 5.82 Å². The maximum absolute atomic E-state index is 13.5. The summed E-state index contributed by atoms with van der Waals surface area (Å²) in [6, 6.07) is 3.66. The Kier molecular flexibility index (Phi) is 6.83. The van der Waals surface area contributed by atoms with E-state index in [4.69, 9.17) is 0 Å². The van der Waals surface area contributed by atoms with Crippen molar-refractivity contribution in [3.8, 4) is 0 Å². The quantitative estimate of drug-likeness (QED) is 0.506. The number of hydrogen-bond acceptors (Lipinski definition) is 4. The summed E-state index contributed by atoms with van der Waals surface area (Å²) in [4.78, 5) is -1.35. The number of halogens is 7. The van der Waals surface area contributed by atoms with E-state index in [1.165, 1.54) is 13.8 Å². The maximum atomic E-state index is 13.5. The van der Waals surface area contributed by atoms with Crippen LogP contribution < -0.4 is 4.72 Å². The second-order valence-corrected chi connectivity index (χ2v) is 13.0. The number of alkyl halides is 6. The lowest BCUT2D eigenvalue weighted by molar-refractivity contribution is -0.140. The summed E-state index contributed by atoms with van der Waals surface area (Å²) in [7, 11) is -8.76. The van der Waals surface area contributed by atoms with Crippen LogP contribution in [0.15, 0.2) is 52.3 Å². The van der Waals surface area contributed by atoms with Crippen LogP contribution in [0.2, 0.25) is 0 Å². The van der Waals surface area contributed by atoms with Gasteiger partial charge in [0.15, 0.2) is 9.84 Å². The van der Waals surface area contributed by atoms with E-state index in [2.05, 4.69) is 4.72 Å². The van der Waals surface area contributed by atoms with Crippen molar-refractivity contribution in [1.29, 1.82) is 0 Å². The fourth-order valence-electron chi connectivity index (χ4n) is 3.82. The van der Waals surface area contributed by atoms with Gasteiger partial charge in [0.2, 0.25) is 10.0 Å². The highest BCUT2D eigenvalue weighted by molar-refractivity contribution is 7.92. The predicted molar refractivity (Wildman–Crippen MR) is 111 cm³/mol. The molecule has 1 aliphatic rings. The van der Waals surface area contributed by atoms with E-state index < -0.39 is 75.7 Å². The van der Waals surface area contributed by atoms with Gasteiger partial charge in [-0.25, -0.2) is 25.9 Å². The first-order chi connectivity index (χ1) is 15.8. The van der Waals surface area contributed by atoms with Crippen molar-refractivity contribution in [2.45, 2.75) is 59.6 Å². The van der Waals surface area contributed by atoms with Gasteiger partial charge in [-0.05, 0) is 69.0 Å². The first-order valence-electron chi connectivity index (χ1n) is 10.1. The summed E-state index contributed by atoms with van der Waals surface area (Å²) < 4.78 is 143. The summed E-state index contributed by atoms with van der Waals surface area (Å²) >= 11 is 0. The molecule has 194 valence electrons. The number of rotatable bonds is 6. The fourth-order valence-corrected chi connectivity index (χ4v) is 6.89. The third-order valence-electron chi connectivity index (χ3n) is 6.16. The highest BCUT2D eigenvalue weighted by Crippen LogP contribution is 2.44. The normalized spacial score (nSPS) is 19.9. The fraction of sp³-hybridized carbons (Fsp3) is 0.429. The average Bonchev–Trinajstić information content (AvgIpc) is 2.69. The molecular weight excluding hydrogens is 527 g/mol. The molecule has 1 aliphatic carbocycles. The van der Waals surface area contributed by atoms with Gasteiger partial charge >= 0.3 is 12.4 Å². The second kappa shape index (κ2) is 8.73. The minimum Gasteiger partial charge on any atom is -0.223 e. The number of nitrogens with one attached hydrogen (secondary N) is 1. The summed E-state index contributed by atoms with van der Waals surface area (Å²) in [6.07, 6.45) is -9.92. The van der Waals surface area contributed by atoms with Crippen LogP contribution in [0.1, 0.15) is 37.8 Å². The van der Waals surface area contributed by atoms with Crippen molar-refractivity contribution in [1.82, 2.24) is 4.72 Å².